The summed E-state index contributed by atoms with van der Waals surface area (Å²) in [5.41, 5.74) is 5.22. The minimum atomic E-state index is -0.443. The zero-order chi connectivity index (χ0) is 21.0. The number of methoxy groups -OCH3 is 3. The quantitative estimate of drug-likeness (QED) is 0.375. The van der Waals surface area contributed by atoms with Gasteiger partial charge in [0.05, 0.1) is 33.1 Å². The topological polar surface area (TPSA) is 82.0 Å². The minimum absolute atomic E-state index is 0.301. The summed E-state index contributed by atoms with van der Waals surface area (Å²) < 4.78 is 15.8. The number of carbonyl (C=O) groups excluding carboxylic acids is 1. The van der Waals surface area contributed by atoms with E-state index in [0.29, 0.717) is 33.5 Å². The molecule has 7 nitrogen and oxygen atoms in total. The average Bonchev–Trinajstić information content (AvgIpc) is 2.73. The van der Waals surface area contributed by atoms with Crippen molar-refractivity contribution in [1.29, 1.82) is 0 Å². The van der Waals surface area contributed by atoms with E-state index in [1.807, 2.05) is 31.2 Å². The number of fused-ring (bicyclic) bond motifs is 1. The number of para-hydroxylation sites is 1. The predicted molar refractivity (Wildman–Crippen MR) is 113 cm³/mol. The fourth-order valence-electron chi connectivity index (χ4n) is 2.87. The second-order valence-corrected chi connectivity index (χ2v) is 6.49. The minimum Gasteiger partial charge on any atom is -0.493 e. The van der Waals surface area contributed by atoms with E-state index in [4.69, 9.17) is 25.8 Å². The van der Waals surface area contributed by atoms with E-state index in [-0.39, 0.29) is 0 Å². The highest BCUT2D eigenvalue weighted by Crippen LogP contribution is 2.38. The molecular formula is C21H20ClN3O4. The number of halogens is 1. The number of rotatable bonds is 6. The van der Waals surface area contributed by atoms with Crippen LogP contribution in [0.2, 0.25) is 5.15 Å². The largest absolute Gasteiger partial charge is 0.493 e. The number of hydrazone groups is 1. The molecule has 0 bridgehead atoms. The molecule has 1 aromatic heterocycles. The Morgan fingerprint density at radius 2 is 1.79 bits per heavy atom. The van der Waals surface area contributed by atoms with Gasteiger partial charge in [-0.15, -0.1) is 0 Å². The molecule has 0 unspecified atom stereocenters. The molecule has 3 aromatic rings. The third kappa shape index (κ3) is 4.25. The normalized spacial score (nSPS) is 10.9. The first-order chi connectivity index (χ1) is 14.0. The Kier molecular flexibility index (Phi) is 6.19. The van der Waals surface area contributed by atoms with Crippen molar-refractivity contribution >= 4 is 34.6 Å². The van der Waals surface area contributed by atoms with E-state index in [9.17, 15) is 4.79 Å². The highest BCUT2D eigenvalue weighted by Gasteiger charge is 2.16. The molecule has 1 N–H and O–H groups in total. The number of nitrogens with zero attached hydrogens (tertiary/aromatic N) is 2. The molecule has 0 aliphatic carbocycles. The van der Waals surface area contributed by atoms with E-state index in [0.717, 1.165) is 16.5 Å². The third-order valence-electron chi connectivity index (χ3n) is 4.32. The number of aromatic nitrogens is 1. The molecule has 0 fully saturated rings. The van der Waals surface area contributed by atoms with Crippen LogP contribution in [0.3, 0.4) is 0 Å². The van der Waals surface area contributed by atoms with Crippen molar-refractivity contribution in [3.8, 4) is 17.2 Å². The van der Waals surface area contributed by atoms with Crippen LogP contribution in [0, 0.1) is 6.92 Å². The maximum atomic E-state index is 12.5. The molecule has 0 saturated carbocycles. The van der Waals surface area contributed by atoms with Gasteiger partial charge in [-0.1, -0.05) is 29.8 Å². The summed E-state index contributed by atoms with van der Waals surface area (Å²) in [7, 11) is 4.45. The highest BCUT2D eigenvalue weighted by atomic mass is 35.5. The number of aryl methyl sites for hydroxylation is 1. The summed E-state index contributed by atoms with van der Waals surface area (Å²) in [5, 5.41) is 5.24. The lowest BCUT2D eigenvalue weighted by Crippen LogP contribution is -2.18. The molecule has 29 heavy (non-hydrogen) atoms. The Labute approximate surface area is 173 Å². The number of carbonyl (C=O) groups is 1. The van der Waals surface area contributed by atoms with Gasteiger partial charge in [0.2, 0.25) is 5.75 Å². The van der Waals surface area contributed by atoms with Crippen LogP contribution in [0.25, 0.3) is 10.9 Å². The van der Waals surface area contributed by atoms with Gasteiger partial charge in [-0.2, -0.15) is 5.10 Å². The molecule has 0 atom stereocenters. The van der Waals surface area contributed by atoms with Crippen molar-refractivity contribution in [1.82, 2.24) is 10.4 Å². The van der Waals surface area contributed by atoms with E-state index in [2.05, 4.69) is 15.5 Å². The fraction of sp³-hybridized carbons (Fsp3) is 0.190. The Morgan fingerprint density at radius 1 is 1.10 bits per heavy atom. The highest BCUT2D eigenvalue weighted by molar-refractivity contribution is 6.32. The molecule has 8 heteroatoms. The molecular weight excluding hydrogens is 394 g/mol. The lowest BCUT2D eigenvalue weighted by Gasteiger charge is -2.13. The number of hydrogen-bond acceptors (Lipinski definition) is 6. The second-order valence-electron chi connectivity index (χ2n) is 6.13. The van der Waals surface area contributed by atoms with Crippen LogP contribution < -0.4 is 19.6 Å². The number of amides is 1. The van der Waals surface area contributed by atoms with E-state index in [1.54, 1.807) is 12.1 Å². The SMILES string of the molecule is COc1cc(C(=O)N/N=C\c2cc3cccc(C)c3nc2Cl)cc(OC)c1OC. The monoisotopic (exact) mass is 413 g/mol. The molecule has 1 heterocycles. The van der Waals surface area contributed by atoms with Crippen molar-refractivity contribution in [2.24, 2.45) is 5.10 Å². The molecule has 1 amide bonds. The van der Waals surface area contributed by atoms with Crippen LogP contribution >= 0.6 is 11.6 Å². The molecule has 0 saturated heterocycles. The van der Waals surface area contributed by atoms with E-state index < -0.39 is 5.91 Å². The lowest BCUT2D eigenvalue weighted by molar-refractivity contribution is 0.0954. The van der Waals surface area contributed by atoms with Gasteiger partial charge in [-0.05, 0) is 30.7 Å². The maximum absolute atomic E-state index is 12.5. The molecule has 0 spiro atoms. The van der Waals surface area contributed by atoms with Crippen LogP contribution in [-0.4, -0.2) is 38.4 Å². The van der Waals surface area contributed by atoms with Gasteiger partial charge in [0, 0.05) is 16.5 Å². The van der Waals surface area contributed by atoms with Crippen LogP contribution in [0.1, 0.15) is 21.5 Å². The van der Waals surface area contributed by atoms with Crippen molar-refractivity contribution in [3.05, 3.63) is 58.2 Å². The van der Waals surface area contributed by atoms with Crippen molar-refractivity contribution < 1.29 is 19.0 Å². The van der Waals surface area contributed by atoms with E-state index in [1.165, 1.54) is 27.5 Å². The Hall–Kier alpha value is -3.32. The Morgan fingerprint density at radius 3 is 2.41 bits per heavy atom. The first kappa shape index (κ1) is 20.4. The Balaban J connectivity index is 1.83. The van der Waals surface area contributed by atoms with Gasteiger partial charge in [0.25, 0.3) is 5.91 Å². The zero-order valence-corrected chi connectivity index (χ0v) is 17.2. The molecule has 2 aromatic carbocycles. The molecule has 0 radical (unpaired) electrons. The van der Waals surface area contributed by atoms with Gasteiger partial charge < -0.3 is 14.2 Å². The number of benzene rings is 2. The molecule has 0 aliphatic rings. The van der Waals surface area contributed by atoms with Crippen molar-refractivity contribution in [3.63, 3.8) is 0 Å². The zero-order valence-electron chi connectivity index (χ0n) is 16.4. The maximum Gasteiger partial charge on any atom is 0.271 e. The van der Waals surface area contributed by atoms with Crippen LogP contribution in [-0.2, 0) is 0 Å². The number of ether oxygens (including phenoxy) is 3. The Bertz CT molecular complexity index is 1070. The summed E-state index contributed by atoms with van der Waals surface area (Å²) in [4.78, 5) is 16.9. The van der Waals surface area contributed by atoms with Crippen LogP contribution in [0.5, 0.6) is 17.2 Å². The van der Waals surface area contributed by atoms with Crippen molar-refractivity contribution in [2.75, 3.05) is 21.3 Å². The first-order valence-corrected chi connectivity index (χ1v) is 9.05. The van der Waals surface area contributed by atoms with Gasteiger partial charge in [-0.25, -0.2) is 10.4 Å². The standard InChI is InChI=1S/C21H20ClN3O4/c1-12-6-5-7-13-8-15(20(22)24-18(12)13)11-23-25-21(26)14-9-16(27-2)19(29-4)17(10-14)28-3/h5-11H,1-4H3,(H,25,26)/b23-11-. The average molecular weight is 414 g/mol. The van der Waals surface area contributed by atoms with E-state index >= 15 is 0 Å². The fourth-order valence-corrected chi connectivity index (χ4v) is 3.06. The van der Waals surface area contributed by atoms with Gasteiger partial charge in [-0.3, -0.25) is 4.79 Å². The van der Waals surface area contributed by atoms with Crippen molar-refractivity contribution in [2.45, 2.75) is 6.92 Å². The number of hydrogen-bond donors (Lipinski definition) is 1. The number of nitrogens with one attached hydrogen (secondary N) is 1. The summed E-state index contributed by atoms with van der Waals surface area (Å²) >= 11 is 6.26. The second kappa shape index (κ2) is 8.79. The number of pyridine rings is 1. The summed E-state index contributed by atoms with van der Waals surface area (Å²) in [6.07, 6.45) is 1.45. The molecule has 3 rings (SSSR count). The molecule has 150 valence electrons. The van der Waals surface area contributed by atoms with Gasteiger partial charge in [0.15, 0.2) is 11.5 Å². The van der Waals surface area contributed by atoms with Crippen LogP contribution in [0.15, 0.2) is 41.5 Å². The van der Waals surface area contributed by atoms with Crippen LogP contribution in [0.4, 0.5) is 0 Å². The molecule has 0 aliphatic heterocycles. The van der Waals surface area contributed by atoms with Gasteiger partial charge >= 0.3 is 0 Å². The first-order valence-electron chi connectivity index (χ1n) is 8.67. The summed E-state index contributed by atoms with van der Waals surface area (Å²) in [6, 6.07) is 10.8. The predicted octanol–water partition coefficient (Wildman–Crippen LogP) is 3.99. The lowest BCUT2D eigenvalue weighted by atomic mass is 10.1. The summed E-state index contributed by atoms with van der Waals surface area (Å²) in [5.74, 6) is 0.705. The van der Waals surface area contributed by atoms with Gasteiger partial charge in [0.1, 0.15) is 5.15 Å². The smallest absolute Gasteiger partial charge is 0.271 e. The summed E-state index contributed by atoms with van der Waals surface area (Å²) in [6.45, 7) is 1.97. The third-order valence-corrected chi connectivity index (χ3v) is 4.63.